The Bertz CT molecular complexity index is 1100. The van der Waals surface area contributed by atoms with Crippen molar-refractivity contribution in [2.24, 2.45) is 0 Å². The van der Waals surface area contributed by atoms with Crippen LogP contribution < -0.4 is 10.1 Å². The molecule has 1 saturated carbocycles. The Kier molecular flexibility index (Phi) is 7.09. The zero-order chi connectivity index (χ0) is 24.3. The summed E-state index contributed by atoms with van der Waals surface area (Å²) in [6.45, 7) is 2.94. The van der Waals surface area contributed by atoms with Crippen molar-refractivity contribution in [2.75, 3.05) is 6.54 Å². The highest BCUT2D eigenvalue weighted by molar-refractivity contribution is 7.81. The number of amides is 1. The summed E-state index contributed by atoms with van der Waals surface area (Å²) in [4.78, 5) is 22.2. The number of alkyl halides is 3. The number of benzene rings is 2. The largest absolute Gasteiger partial charge is 0.573 e. The van der Waals surface area contributed by atoms with E-state index < -0.39 is 11.2 Å². The van der Waals surface area contributed by atoms with Crippen LogP contribution in [0.4, 0.5) is 13.2 Å². The monoisotopic (exact) mass is 492 g/mol. The van der Waals surface area contributed by atoms with Crippen LogP contribution in [0.5, 0.6) is 5.75 Å². The van der Waals surface area contributed by atoms with Crippen molar-refractivity contribution >= 4 is 29.6 Å². The first-order valence-electron chi connectivity index (χ1n) is 11.2. The van der Waals surface area contributed by atoms with Crippen molar-refractivity contribution in [1.82, 2.24) is 20.2 Å². The molecule has 0 spiro atoms. The minimum Gasteiger partial charge on any atom is -0.406 e. The van der Waals surface area contributed by atoms with Gasteiger partial charge in [0.25, 0.3) is 5.91 Å². The number of nitrogens with zero attached hydrogens (tertiary/aromatic N) is 2. The second kappa shape index (κ2) is 9.87. The van der Waals surface area contributed by atoms with Crippen LogP contribution in [-0.4, -0.2) is 44.6 Å². The first kappa shape index (κ1) is 24.4. The smallest absolute Gasteiger partial charge is 0.406 e. The number of H-pyrrole nitrogens is 1. The Labute approximate surface area is 201 Å². The summed E-state index contributed by atoms with van der Waals surface area (Å²) in [6.07, 6.45) is -1.49. The Hall–Kier alpha value is -2.72. The van der Waals surface area contributed by atoms with Gasteiger partial charge in [0.15, 0.2) is 5.82 Å². The molecular formula is C24H27F3N4O2S. The number of hydrogen-bond acceptors (Lipinski definition) is 5. The van der Waals surface area contributed by atoms with Crippen molar-refractivity contribution < 1.29 is 22.7 Å². The number of aromatic amines is 1. The molecule has 1 heterocycles. The van der Waals surface area contributed by atoms with Gasteiger partial charge in [-0.2, -0.15) is 12.6 Å². The topological polar surface area (TPSA) is 70.2 Å². The van der Waals surface area contributed by atoms with Crippen LogP contribution in [0.2, 0.25) is 0 Å². The molecule has 6 nitrogen and oxygen atoms in total. The fourth-order valence-electron chi connectivity index (χ4n) is 4.48. The van der Waals surface area contributed by atoms with E-state index in [1.165, 1.54) is 12.1 Å². The number of para-hydroxylation sites is 2. The first-order valence-corrected chi connectivity index (χ1v) is 11.7. The second-order valence-corrected chi connectivity index (χ2v) is 9.38. The van der Waals surface area contributed by atoms with E-state index in [0.717, 1.165) is 35.9 Å². The predicted molar refractivity (Wildman–Crippen MR) is 127 cm³/mol. The van der Waals surface area contributed by atoms with E-state index in [9.17, 15) is 18.0 Å². The van der Waals surface area contributed by atoms with Crippen LogP contribution in [0.15, 0.2) is 48.5 Å². The number of ether oxygens (including phenoxy) is 1. The maximum absolute atomic E-state index is 13.3. The van der Waals surface area contributed by atoms with Gasteiger partial charge in [0.05, 0.1) is 15.9 Å². The first-order chi connectivity index (χ1) is 16.2. The van der Waals surface area contributed by atoms with Crippen molar-refractivity contribution in [3.05, 3.63) is 59.9 Å². The maximum Gasteiger partial charge on any atom is 0.573 e. The minimum atomic E-state index is -4.71. The molecule has 0 aliphatic heterocycles. The molecule has 0 saturated heterocycles. The molecule has 2 aromatic carbocycles. The zero-order valence-corrected chi connectivity index (χ0v) is 19.6. The van der Waals surface area contributed by atoms with Gasteiger partial charge in [-0.25, -0.2) is 4.98 Å². The maximum atomic E-state index is 13.3. The van der Waals surface area contributed by atoms with Crippen LogP contribution in [-0.2, 0) is 6.54 Å². The molecule has 1 aromatic heterocycles. The Morgan fingerprint density at radius 2 is 2.00 bits per heavy atom. The van der Waals surface area contributed by atoms with E-state index >= 15 is 0 Å². The van der Waals surface area contributed by atoms with E-state index in [2.05, 4.69) is 20.0 Å². The minimum absolute atomic E-state index is 0.00739. The lowest BCUT2D eigenvalue weighted by atomic mass is 9.88. The molecular weight excluding hydrogens is 465 g/mol. The second-order valence-electron chi connectivity index (χ2n) is 8.52. The molecule has 182 valence electrons. The van der Waals surface area contributed by atoms with Gasteiger partial charge in [-0.1, -0.05) is 24.3 Å². The highest BCUT2D eigenvalue weighted by Crippen LogP contribution is 2.35. The van der Waals surface area contributed by atoms with Gasteiger partial charge < -0.3 is 14.6 Å². The molecule has 2 N–H and O–H groups in total. The number of halogens is 3. The van der Waals surface area contributed by atoms with Gasteiger partial charge >= 0.3 is 6.36 Å². The molecule has 34 heavy (non-hydrogen) atoms. The molecule has 1 amide bonds. The van der Waals surface area contributed by atoms with E-state index in [0.29, 0.717) is 25.3 Å². The third-order valence-electron chi connectivity index (χ3n) is 6.11. The Morgan fingerprint density at radius 1 is 1.26 bits per heavy atom. The fourth-order valence-corrected chi connectivity index (χ4v) is 4.93. The van der Waals surface area contributed by atoms with Crippen LogP contribution in [0.25, 0.3) is 11.0 Å². The number of imidazole rings is 1. The molecule has 1 aliphatic rings. The Morgan fingerprint density at radius 3 is 2.68 bits per heavy atom. The Balaban J connectivity index is 1.40. The van der Waals surface area contributed by atoms with E-state index in [-0.39, 0.29) is 17.7 Å². The summed E-state index contributed by atoms with van der Waals surface area (Å²) in [5.74, 6) is -0.0636. The molecule has 1 unspecified atom stereocenters. The highest BCUT2D eigenvalue weighted by atomic mass is 32.1. The van der Waals surface area contributed by atoms with Gasteiger partial charge in [0.1, 0.15) is 5.75 Å². The lowest BCUT2D eigenvalue weighted by Gasteiger charge is -2.42. The summed E-state index contributed by atoms with van der Waals surface area (Å²) < 4.78 is 41.0. The number of rotatable bonds is 7. The standard InChI is InChI=1S/C24H27F3N4O2S/c1-2-31(22(32)21-29-19-7-3-4-8-20(19)30-21)17-6-5-13-23(34,14-17)28-15-16-9-11-18(12-10-16)33-24(25,26)27/h3-4,7-12,17,28,34H,2,5-6,13-15H2,1H3,(H,29,30)/t17-,23?/m0/s1. The van der Waals surface area contributed by atoms with E-state index in [1.807, 2.05) is 36.1 Å². The number of hydrogen-bond donors (Lipinski definition) is 3. The van der Waals surface area contributed by atoms with Crippen molar-refractivity contribution in [3.8, 4) is 5.75 Å². The molecule has 3 aromatic rings. The fraction of sp³-hybridized carbons (Fsp3) is 0.417. The van der Waals surface area contributed by atoms with Gasteiger partial charge in [0, 0.05) is 19.1 Å². The average Bonchev–Trinajstić information content (AvgIpc) is 3.23. The summed E-state index contributed by atoms with van der Waals surface area (Å²) >= 11 is 4.90. The molecule has 1 aliphatic carbocycles. The molecule has 1 fully saturated rings. The predicted octanol–water partition coefficient (Wildman–Crippen LogP) is 5.28. The molecule has 0 bridgehead atoms. The number of aromatic nitrogens is 2. The summed E-state index contributed by atoms with van der Waals surface area (Å²) in [7, 11) is 0. The third-order valence-corrected chi connectivity index (χ3v) is 6.68. The lowest BCUT2D eigenvalue weighted by molar-refractivity contribution is -0.274. The van der Waals surface area contributed by atoms with Gasteiger partial charge in [-0.05, 0) is 62.4 Å². The molecule has 4 rings (SSSR count). The molecule has 2 atom stereocenters. The van der Waals surface area contributed by atoms with Gasteiger partial charge in [-0.3, -0.25) is 10.1 Å². The van der Waals surface area contributed by atoms with E-state index in [1.54, 1.807) is 12.1 Å². The molecule has 0 radical (unpaired) electrons. The SMILES string of the molecule is CCN(C(=O)c1nc2ccccc2[nH]1)[C@H]1CCCC(S)(NCc2ccc(OC(F)(F)F)cc2)C1. The van der Waals surface area contributed by atoms with Crippen molar-refractivity contribution in [3.63, 3.8) is 0 Å². The van der Waals surface area contributed by atoms with Crippen LogP contribution in [0, 0.1) is 0 Å². The average molecular weight is 493 g/mol. The number of fused-ring (bicyclic) bond motifs is 1. The lowest BCUT2D eigenvalue weighted by Crippen LogP contribution is -2.51. The summed E-state index contributed by atoms with van der Waals surface area (Å²) in [5, 5.41) is 3.43. The van der Waals surface area contributed by atoms with Crippen LogP contribution in [0.1, 0.15) is 48.8 Å². The summed E-state index contributed by atoms with van der Waals surface area (Å²) in [6, 6.07) is 13.3. The third kappa shape index (κ3) is 5.85. The van der Waals surface area contributed by atoms with Gasteiger partial charge in [0.2, 0.25) is 0 Å². The summed E-state index contributed by atoms with van der Waals surface area (Å²) in [5.41, 5.74) is 2.39. The highest BCUT2D eigenvalue weighted by Gasteiger charge is 2.37. The normalized spacial score (nSPS) is 20.9. The molecule has 10 heteroatoms. The van der Waals surface area contributed by atoms with Crippen LogP contribution >= 0.6 is 12.6 Å². The quantitative estimate of drug-likeness (QED) is 0.310. The van der Waals surface area contributed by atoms with E-state index in [4.69, 9.17) is 12.6 Å². The number of nitrogens with one attached hydrogen (secondary N) is 2. The van der Waals surface area contributed by atoms with Crippen molar-refractivity contribution in [2.45, 2.75) is 56.4 Å². The number of carbonyl (C=O) groups is 1. The number of carbonyl (C=O) groups excluding carboxylic acids is 1. The van der Waals surface area contributed by atoms with Gasteiger partial charge in [-0.15, -0.1) is 13.2 Å². The van der Waals surface area contributed by atoms with Crippen molar-refractivity contribution in [1.29, 1.82) is 0 Å². The van der Waals surface area contributed by atoms with Crippen LogP contribution in [0.3, 0.4) is 0 Å². The number of thiol groups is 1. The zero-order valence-electron chi connectivity index (χ0n) is 18.7.